The summed E-state index contributed by atoms with van der Waals surface area (Å²) in [5, 5.41) is 3.22. The molecule has 0 bridgehead atoms. The van der Waals surface area contributed by atoms with Gasteiger partial charge in [-0.25, -0.2) is 0 Å². The lowest BCUT2D eigenvalue weighted by molar-refractivity contribution is -0.133. The molecular formula is C11H10N2O5S. The summed E-state index contributed by atoms with van der Waals surface area (Å²) in [4.78, 5) is 22.1. The molecule has 3 N–H and O–H groups in total. The molecule has 100 valence electrons. The lowest BCUT2D eigenvalue weighted by Gasteiger charge is -2.00. The molecule has 19 heavy (non-hydrogen) atoms. The van der Waals surface area contributed by atoms with Crippen molar-refractivity contribution < 1.29 is 22.6 Å². The zero-order valence-corrected chi connectivity index (χ0v) is 10.4. The fourth-order valence-electron chi connectivity index (χ4n) is 1.66. The number of anilines is 1. The van der Waals surface area contributed by atoms with E-state index in [2.05, 4.69) is 5.32 Å². The van der Waals surface area contributed by atoms with Crippen LogP contribution < -0.4 is 10.6 Å². The zero-order chi connectivity index (χ0) is 14.0. The third-order valence-electron chi connectivity index (χ3n) is 2.54. The molecule has 8 heteroatoms. The van der Waals surface area contributed by atoms with Gasteiger partial charge in [0.1, 0.15) is 0 Å². The Hall–Kier alpha value is -2.19. The number of hydrogen-bond acceptors (Lipinski definition) is 5. The summed E-state index contributed by atoms with van der Waals surface area (Å²) in [5.41, 5.74) is 2.43. The van der Waals surface area contributed by atoms with Crippen LogP contribution in [0.5, 0.6) is 0 Å². The Bertz CT molecular complexity index is 678. The number of fused-ring (bicyclic) bond motifs is 1. The average molecular weight is 282 g/mol. The number of benzene rings is 1. The van der Waals surface area contributed by atoms with Crippen molar-refractivity contribution in [1.29, 1.82) is 0 Å². The highest BCUT2D eigenvalue weighted by Gasteiger charge is 2.27. The minimum absolute atomic E-state index is 0.444. The standard InChI is InChI=1S/C11H10N2O5S/c14-10(11(15)19(16,17)18)13-6-7-5-12-9-4-2-1-3-8(7)9/h1-4,6,12H,5H2,(H,13,14)(H,16,17,18). The van der Waals surface area contributed by atoms with Crippen molar-refractivity contribution in [2.45, 2.75) is 0 Å². The van der Waals surface area contributed by atoms with Crippen LogP contribution in [0, 0.1) is 0 Å². The molecule has 2 rings (SSSR count). The molecular weight excluding hydrogens is 272 g/mol. The van der Waals surface area contributed by atoms with Crippen molar-refractivity contribution in [2.24, 2.45) is 0 Å². The van der Waals surface area contributed by atoms with Crippen molar-refractivity contribution in [1.82, 2.24) is 5.32 Å². The summed E-state index contributed by atoms with van der Waals surface area (Å²) in [7, 11) is -5.00. The molecule has 1 heterocycles. The molecule has 0 radical (unpaired) electrons. The summed E-state index contributed by atoms with van der Waals surface area (Å²) in [5.74, 6) is -1.40. The Kier molecular flexibility index (Phi) is 3.36. The van der Waals surface area contributed by atoms with E-state index in [-0.39, 0.29) is 0 Å². The molecule has 1 aliphatic rings. The Morgan fingerprint density at radius 2 is 2.00 bits per heavy atom. The lowest BCUT2D eigenvalue weighted by Crippen LogP contribution is -2.32. The van der Waals surface area contributed by atoms with Gasteiger partial charge in [-0.3, -0.25) is 14.1 Å². The smallest absolute Gasteiger partial charge is 0.360 e. The quantitative estimate of drug-likeness (QED) is 0.493. The topological polar surface area (TPSA) is 113 Å². The molecule has 1 aromatic rings. The normalized spacial score (nSPS) is 15.7. The van der Waals surface area contributed by atoms with E-state index < -0.39 is 21.1 Å². The average Bonchev–Trinajstić information content (AvgIpc) is 2.77. The minimum Gasteiger partial charge on any atom is -0.380 e. The van der Waals surface area contributed by atoms with Crippen LogP contribution in [-0.2, 0) is 19.7 Å². The summed E-state index contributed by atoms with van der Waals surface area (Å²) >= 11 is 0. The first-order chi connectivity index (χ1) is 8.89. The van der Waals surface area contributed by atoms with Gasteiger partial charge in [-0.2, -0.15) is 8.42 Å². The SMILES string of the molecule is O=C(NC=C1CNc2ccccc21)C(=O)S(=O)(=O)O. The molecule has 0 unspecified atom stereocenters. The number of carbonyl (C=O) groups is 2. The van der Waals surface area contributed by atoms with E-state index in [1.54, 1.807) is 0 Å². The Labute approximate surface area is 109 Å². The van der Waals surface area contributed by atoms with Gasteiger partial charge in [0.05, 0.1) is 0 Å². The van der Waals surface area contributed by atoms with E-state index in [0.717, 1.165) is 11.3 Å². The largest absolute Gasteiger partial charge is 0.380 e. The predicted molar refractivity (Wildman–Crippen MR) is 67.6 cm³/mol. The van der Waals surface area contributed by atoms with Crippen molar-refractivity contribution in [3.63, 3.8) is 0 Å². The number of carbonyl (C=O) groups excluding carboxylic acids is 2. The Balaban J connectivity index is 2.14. The summed E-state index contributed by atoms with van der Waals surface area (Å²) in [6, 6.07) is 7.32. The third-order valence-corrected chi connectivity index (χ3v) is 3.19. The van der Waals surface area contributed by atoms with E-state index in [1.165, 1.54) is 6.20 Å². The van der Waals surface area contributed by atoms with E-state index in [0.29, 0.717) is 12.1 Å². The zero-order valence-electron chi connectivity index (χ0n) is 9.58. The van der Waals surface area contributed by atoms with Gasteiger partial charge in [-0.05, 0) is 11.6 Å². The number of rotatable bonds is 1. The van der Waals surface area contributed by atoms with Gasteiger partial charge < -0.3 is 10.6 Å². The Morgan fingerprint density at radius 3 is 2.68 bits per heavy atom. The molecule has 0 aromatic heterocycles. The van der Waals surface area contributed by atoms with Gasteiger partial charge in [0, 0.05) is 24.0 Å². The van der Waals surface area contributed by atoms with E-state index in [4.69, 9.17) is 4.55 Å². The molecule has 0 aliphatic carbocycles. The monoisotopic (exact) mass is 282 g/mol. The van der Waals surface area contributed by atoms with Crippen LogP contribution in [0.1, 0.15) is 5.56 Å². The first-order valence-corrected chi connectivity index (χ1v) is 6.68. The van der Waals surface area contributed by atoms with Crippen molar-refractivity contribution in [3.8, 4) is 0 Å². The van der Waals surface area contributed by atoms with Crippen LogP contribution in [0.4, 0.5) is 5.69 Å². The molecule has 1 aliphatic heterocycles. The van der Waals surface area contributed by atoms with E-state index >= 15 is 0 Å². The Morgan fingerprint density at radius 1 is 1.32 bits per heavy atom. The van der Waals surface area contributed by atoms with Crippen LogP contribution >= 0.6 is 0 Å². The maximum absolute atomic E-state index is 11.2. The van der Waals surface area contributed by atoms with E-state index in [9.17, 15) is 18.0 Å². The number of hydrogen-bond donors (Lipinski definition) is 3. The van der Waals surface area contributed by atoms with Gasteiger partial charge in [-0.15, -0.1) is 0 Å². The molecule has 0 atom stereocenters. The second-order valence-electron chi connectivity index (χ2n) is 3.80. The molecule has 0 spiro atoms. The maximum Gasteiger partial charge on any atom is 0.360 e. The summed E-state index contributed by atoms with van der Waals surface area (Å²) < 4.78 is 29.4. The van der Waals surface area contributed by atoms with Crippen LogP contribution in [0.25, 0.3) is 5.57 Å². The van der Waals surface area contributed by atoms with Crippen molar-refractivity contribution in [3.05, 3.63) is 36.0 Å². The van der Waals surface area contributed by atoms with E-state index in [1.807, 2.05) is 29.6 Å². The van der Waals surface area contributed by atoms with Gasteiger partial charge in [-0.1, -0.05) is 18.2 Å². The van der Waals surface area contributed by atoms with Gasteiger partial charge in [0.2, 0.25) is 0 Å². The highest BCUT2D eigenvalue weighted by Crippen LogP contribution is 2.29. The minimum atomic E-state index is -5.00. The van der Waals surface area contributed by atoms with Crippen molar-refractivity contribution in [2.75, 3.05) is 11.9 Å². The molecule has 1 amide bonds. The molecule has 7 nitrogen and oxygen atoms in total. The fraction of sp³-hybridized carbons (Fsp3) is 0.0909. The van der Waals surface area contributed by atoms with Crippen LogP contribution in [0.2, 0.25) is 0 Å². The van der Waals surface area contributed by atoms with Crippen LogP contribution in [0.15, 0.2) is 30.5 Å². The third kappa shape index (κ3) is 2.80. The highest BCUT2D eigenvalue weighted by atomic mass is 32.2. The second-order valence-corrected chi connectivity index (χ2v) is 5.13. The predicted octanol–water partition coefficient (Wildman–Crippen LogP) is -0.0164. The summed E-state index contributed by atoms with van der Waals surface area (Å²) in [6.07, 6.45) is 1.24. The second kappa shape index (κ2) is 4.82. The van der Waals surface area contributed by atoms with Crippen LogP contribution in [0.3, 0.4) is 0 Å². The fourth-order valence-corrected chi connectivity index (χ4v) is 1.95. The number of para-hydroxylation sites is 1. The van der Waals surface area contributed by atoms with Gasteiger partial charge in [0.25, 0.3) is 0 Å². The van der Waals surface area contributed by atoms with Gasteiger partial charge >= 0.3 is 21.1 Å². The highest BCUT2D eigenvalue weighted by molar-refractivity contribution is 8.03. The summed E-state index contributed by atoms with van der Waals surface area (Å²) in [6.45, 7) is 0.444. The number of nitrogens with one attached hydrogen (secondary N) is 2. The molecule has 0 saturated heterocycles. The maximum atomic E-state index is 11.2. The first kappa shape index (κ1) is 13.2. The molecule has 1 aromatic carbocycles. The molecule has 0 saturated carbocycles. The van der Waals surface area contributed by atoms with Crippen molar-refractivity contribution >= 4 is 32.4 Å². The number of amides is 1. The first-order valence-electron chi connectivity index (χ1n) is 5.24. The van der Waals surface area contributed by atoms with Gasteiger partial charge in [0.15, 0.2) is 0 Å². The van der Waals surface area contributed by atoms with Crippen LogP contribution in [-0.4, -0.2) is 30.5 Å². The molecule has 0 fully saturated rings. The lowest BCUT2D eigenvalue weighted by atomic mass is 10.1.